The summed E-state index contributed by atoms with van der Waals surface area (Å²) in [5.41, 5.74) is 2.14. The molecule has 0 bridgehead atoms. The molecule has 1 aromatic heterocycles. The van der Waals surface area contributed by atoms with Crippen molar-refractivity contribution in [1.29, 1.82) is 0 Å². The number of nitrogens with zero attached hydrogens (tertiary/aromatic N) is 3. The Labute approximate surface area is 149 Å². The van der Waals surface area contributed by atoms with Gasteiger partial charge in [0.2, 0.25) is 0 Å². The number of ether oxygens (including phenoxy) is 1. The van der Waals surface area contributed by atoms with Crippen LogP contribution in [0.25, 0.3) is 6.08 Å². The highest BCUT2D eigenvalue weighted by molar-refractivity contribution is 5.95. The second-order valence-electron chi connectivity index (χ2n) is 5.47. The summed E-state index contributed by atoms with van der Waals surface area (Å²) in [6.07, 6.45) is 2.31. The first-order valence-corrected chi connectivity index (χ1v) is 7.68. The van der Waals surface area contributed by atoms with Gasteiger partial charge in [-0.3, -0.25) is 19.6 Å². The number of esters is 1. The Morgan fingerprint density at radius 1 is 1.35 bits per heavy atom. The van der Waals surface area contributed by atoms with E-state index in [0.717, 1.165) is 11.8 Å². The smallest absolute Gasteiger partial charge is 0.331 e. The van der Waals surface area contributed by atoms with Gasteiger partial charge in [0.05, 0.1) is 27.6 Å². The standard InChI is InChI=1S/C17H18N4O5/c1-11-17(12(2)20(3)19-11)18-15(22)10-26-16(23)9-8-13-6-4-5-7-14(13)21(24)25/h4-9H,10H2,1-3H3,(H,18,22)/b9-8+. The number of carbonyl (C=O) groups is 2. The number of rotatable bonds is 6. The topological polar surface area (TPSA) is 116 Å². The number of nitro groups is 1. The molecule has 0 radical (unpaired) electrons. The molecule has 9 nitrogen and oxygen atoms in total. The molecule has 1 amide bonds. The van der Waals surface area contributed by atoms with Crippen molar-refractivity contribution in [1.82, 2.24) is 9.78 Å². The van der Waals surface area contributed by atoms with Crippen LogP contribution in [0.1, 0.15) is 17.0 Å². The van der Waals surface area contributed by atoms with Gasteiger partial charge in [0, 0.05) is 19.2 Å². The van der Waals surface area contributed by atoms with Crippen LogP contribution >= 0.6 is 0 Å². The fourth-order valence-electron chi connectivity index (χ4n) is 2.27. The van der Waals surface area contributed by atoms with E-state index in [-0.39, 0.29) is 11.3 Å². The summed E-state index contributed by atoms with van der Waals surface area (Å²) in [4.78, 5) is 34.0. The van der Waals surface area contributed by atoms with Crippen LogP contribution in [0, 0.1) is 24.0 Å². The molecule has 0 saturated heterocycles. The van der Waals surface area contributed by atoms with Crippen molar-refractivity contribution >= 4 is 29.3 Å². The Hall–Kier alpha value is -3.49. The van der Waals surface area contributed by atoms with E-state index in [4.69, 9.17) is 4.74 Å². The van der Waals surface area contributed by atoms with Crippen LogP contribution in [0.15, 0.2) is 30.3 Å². The number of benzene rings is 1. The summed E-state index contributed by atoms with van der Waals surface area (Å²) in [7, 11) is 1.76. The Kier molecular flexibility index (Phi) is 5.84. The number of para-hydroxylation sites is 1. The lowest BCUT2D eigenvalue weighted by Gasteiger charge is -2.05. The van der Waals surface area contributed by atoms with Crippen LogP contribution in [-0.2, 0) is 21.4 Å². The lowest BCUT2D eigenvalue weighted by Crippen LogP contribution is -2.20. The highest BCUT2D eigenvalue weighted by Gasteiger charge is 2.14. The zero-order valence-electron chi connectivity index (χ0n) is 14.6. The molecular weight excluding hydrogens is 340 g/mol. The van der Waals surface area contributed by atoms with Crippen LogP contribution in [0.4, 0.5) is 11.4 Å². The van der Waals surface area contributed by atoms with Crippen molar-refractivity contribution in [2.75, 3.05) is 11.9 Å². The van der Waals surface area contributed by atoms with E-state index in [0.29, 0.717) is 11.4 Å². The van der Waals surface area contributed by atoms with Gasteiger partial charge in [-0.05, 0) is 26.0 Å². The molecule has 2 aromatic rings. The number of carbonyl (C=O) groups excluding carboxylic acids is 2. The van der Waals surface area contributed by atoms with Gasteiger partial charge in [0.1, 0.15) is 0 Å². The van der Waals surface area contributed by atoms with Crippen LogP contribution < -0.4 is 5.32 Å². The maximum Gasteiger partial charge on any atom is 0.331 e. The highest BCUT2D eigenvalue weighted by atomic mass is 16.6. The molecule has 26 heavy (non-hydrogen) atoms. The fraction of sp³-hybridized carbons (Fsp3) is 0.235. The average molecular weight is 358 g/mol. The molecule has 0 fully saturated rings. The first kappa shape index (κ1) is 18.8. The Morgan fingerprint density at radius 2 is 2.04 bits per heavy atom. The lowest BCUT2D eigenvalue weighted by molar-refractivity contribution is -0.385. The maximum atomic E-state index is 11.9. The van der Waals surface area contributed by atoms with E-state index in [1.165, 1.54) is 24.3 Å². The third-order valence-corrected chi connectivity index (χ3v) is 3.65. The van der Waals surface area contributed by atoms with Crippen LogP contribution in [0.3, 0.4) is 0 Å². The lowest BCUT2D eigenvalue weighted by atomic mass is 10.1. The molecule has 1 heterocycles. The van der Waals surface area contributed by atoms with Crippen molar-refractivity contribution in [3.8, 4) is 0 Å². The van der Waals surface area contributed by atoms with Crippen molar-refractivity contribution < 1.29 is 19.2 Å². The summed E-state index contributed by atoms with van der Waals surface area (Å²) in [6, 6.07) is 5.98. The molecule has 1 N–H and O–H groups in total. The number of nitrogens with one attached hydrogen (secondary N) is 1. The third-order valence-electron chi connectivity index (χ3n) is 3.65. The minimum Gasteiger partial charge on any atom is -0.452 e. The van der Waals surface area contributed by atoms with E-state index < -0.39 is 23.4 Å². The first-order chi connectivity index (χ1) is 12.3. The monoisotopic (exact) mass is 358 g/mol. The van der Waals surface area contributed by atoms with Crippen molar-refractivity contribution in [2.24, 2.45) is 7.05 Å². The second kappa shape index (κ2) is 8.06. The predicted molar refractivity (Wildman–Crippen MR) is 94.4 cm³/mol. The fourth-order valence-corrected chi connectivity index (χ4v) is 2.27. The average Bonchev–Trinajstić information content (AvgIpc) is 2.84. The van der Waals surface area contributed by atoms with Gasteiger partial charge in [-0.2, -0.15) is 5.10 Å². The molecular formula is C17H18N4O5. The summed E-state index contributed by atoms with van der Waals surface area (Å²) in [5.74, 6) is -1.28. The van der Waals surface area contributed by atoms with E-state index in [1.807, 2.05) is 0 Å². The van der Waals surface area contributed by atoms with Gasteiger partial charge in [-0.25, -0.2) is 4.79 Å². The first-order valence-electron chi connectivity index (χ1n) is 7.68. The number of nitro benzene ring substituents is 1. The minimum absolute atomic E-state index is 0.128. The third kappa shape index (κ3) is 4.53. The van der Waals surface area contributed by atoms with E-state index in [1.54, 1.807) is 31.6 Å². The minimum atomic E-state index is -0.780. The van der Waals surface area contributed by atoms with Gasteiger partial charge in [0.15, 0.2) is 6.61 Å². The number of aryl methyl sites for hydroxylation is 2. The van der Waals surface area contributed by atoms with Gasteiger partial charge in [0.25, 0.3) is 11.6 Å². The molecule has 0 unspecified atom stereocenters. The molecule has 0 atom stereocenters. The summed E-state index contributed by atoms with van der Waals surface area (Å²) in [6.45, 7) is 3.08. The van der Waals surface area contributed by atoms with Crippen LogP contribution in [-0.4, -0.2) is 33.2 Å². The molecule has 2 rings (SSSR count). The molecule has 9 heteroatoms. The van der Waals surface area contributed by atoms with E-state index in [9.17, 15) is 19.7 Å². The molecule has 0 saturated carbocycles. The summed E-state index contributed by atoms with van der Waals surface area (Å²) < 4.78 is 6.48. The molecule has 136 valence electrons. The number of anilines is 1. The number of amides is 1. The molecule has 0 aliphatic rings. The Balaban J connectivity index is 1.92. The number of hydrogen-bond donors (Lipinski definition) is 1. The number of hydrogen-bond acceptors (Lipinski definition) is 6. The zero-order chi connectivity index (χ0) is 19.3. The molecule has 1 aromatic carbocycles. The predicted octanol–water partition coefficient (Wildman–Crippen LogP) is 2.14. The highest BCUT2D eigenvalue weighted by Crippen LogP contribution is 2.19. The SMILES string of the molecule is Cc1nn(C)c(C)c1NC(=O)COC(=O)/C=C/c1ccccc1[N+](=O)[O-]. The molecule has 0 aliphatic carbocycles. The number of aromatic nitrogens is 2. The second-order valence-corrected chi connectivity index (χ2v) is 5.47. The van der Waals surface area contributed by atoms with Gasteiger partial charge in [-0.1, -0.05) is 12.1 Å². The Bertz CT molecular complexity index is 885. The van der Waals surface area contributed by atoms with Crippen LogP contribution in [0.2, 0.25) is 0 Å². The van der Waals surface area contributed by atoms with Gasteiger partial charge >= 0.3 is 5.97 Å². The Morgan fingerprint density at radius 3 is 2.65 bits per heavy atom. The van der Waals surface area contributed by atoms with Gasteiger partial charge in [-0.15, -0.1) is 0 Å². The molecule has 0 aliphatic heterocycles. The van der Waals surface area contributed by atoms with Crippen molar-refractivity contribution in [3.63, 3.8) is 0 Å². The zero-order valence-corrected chi connectivity index (χ0v) is 14.6. The quantitative estimate of drug-likeness (QED) is 0.366. The van der Waals surface area contributed by atoms with E-state index in [2.05, 4.69) is 10.4 Å². The summed E-state index contributed by atoms with van der Waals surface area (Å²) in [5, 5.41) is 17.7. The summed E-state index contributed by atoms with van der Waals surface area (Å²) >= 11 is 0. The van der Waals surface area contributed by atoms with Gasteiger partial charge < -0.3 is 10.1 Å². The van der Waals surface area contributed by atoms with E-state index >= 15 is 0 Å². The maximum absolute atomic E-state index is 11.9. The van der Waals surface area contributed by atoms with Crippen LogP contribution in [0.5, 0.6) is 0 Å². The van der Waals surface area contributed by atoms with Crippen molar-refractivity contribution in [3.05, 3.63) is 57.4 Å². The molecule has 0 spiro atoms. The largest absolute Gasteiger partial charge is 0.452 e. The van der Waals surface area contributed by atoms with Crippen molar-refractivity contribution in [2.45, 2.75) is 13.8 Å². The normalized spacial score (nSPS) is 10.7.